The average Bonchev–Trinajstić information content (AvgIpc) is 2.28. The maximum absolute atomic E-state index is 12.0. The van der Waals surface area contributed by atoms with Crippen LogP contribution in [0.3, 0.4) is 0 Å². The lowest BCUT2D eigenvalue weighted by atomic mass is 10.2. The molecule has 0 spiro atoms. The molecule has 0 heterocycles. The van der Waals surface area contributed by atoms with Crippen molar-refractivity contribution >= 4 is 26.0 Å². The lowest BCUT2D eigenvalue weighted by molar-refractivity contribution is 0.576. The number of nitrogens with one attached hydrogen (secondary N) is 2. The molecule has 1 aromatic rings. The Kier molecular flexibility index (Phi) is 5.58. The molecule has 0 unspecified atom stereocenters. The first-order valence-corrected chi connectivity index (χ1v) is 7.71. The monoisotopic (exact) mass is 320 g/mol. The van der Waals surface area contributed by atoms with Gasteiger partial charge in [-0.25, -0.2) is 13.1 Å². The summed E-state index contributed by atoms with van der Waals surface area (Å²) in [5.41, 5.74) is 0.740. The minimum Gasteiger partial charge on any atom is -0.316 e. The Balaban J connectivity index is 2.79. The number of hydrogen-bond acceptors (Lipinski definition) is 3. The predicted molar refractivity (Wildman–Crippen MR) is 72.6 cm³/mol. The first-order chi connectivity index (χ1) is 7.97. The molecular formula is C11H17BrN2O2S. The Labute approximate surface area is 111 Å². The number of rotatable bonds is 6. The molecule has 96 valence electrons. The van der Waals surface area contributed by atoms with Gasteiger partial charge in [-0.3, -0.25) is 0 Å². The standard InChI is InChI=1S/C11H17BrN2O2S/c1-3-13-6-7-14-17(15,16)11-8-10(12)5-4-9(11)2/h4-5,8,13-14H,3,6-7H2,1-2H3. The van der Waals surface area contributed by atoms with Crippen molar-refractivity contribution in [3.63, 3.8) is 0 Å². The van der Waals surface area contributed by atoms with Crippen LogP contribution in [0.4, 0.5) is 0 Å². The van der Waals surface area contributed by atoms with E-state index in [1.54, 1.807) is 19.1 Å². The maximum atomic E-state index is 12.0. The van der Waals surface area contributed by atoms with E-state index in [-0.39, 0.29) is 0 Å². The summed E-state index contributed by atoms with van der Waals surface area (Å²) < 4.78 is 27.3. The average molecular weight is 321 g/mol. The van der Waals surface area contributed by atoms with Crippen LogP contribution in [0.25, 0.3) is 0 Å². The second-order valence-corrected chi connectivity index (χ2v) is 6.31. The molecule has 0 saturated carbocycles. The summed E-state index contributed by atoms with van der Waals surface area (Å²) in [6, 6.07) is 5.22. The van der Waals surface area contributed by atoms with Crippen molar-refractivity contribution < 1.29 is 8.42 Å². The SMILES string of the molecule is CCNCCNS(=O)(=O)c1cc(Br)ccc1C. The van der Waals surface area contributed by atoms with Crippen LogP contribution < -0.4 is 10.0 Å². The van der Waals surface area contributed by atoms with Crippen molar-refractivity contribution in [2.45, 2.75) is 18.7 Å². The highest BCUT2D eigenvalue weighted by atomic mass is 79.9. The maximum Gasteiger partial charge on any atom is 0.240 e. The van der Waals surface area contributed by atoms with Crippen LogP contribution in [0.15, 0.2) is 27.6 Å². The van der Waals surface area contributed by atoms with Gasteiger partial charge in [0.15, 0.2) is 0 Å². The molecule has 1 rings (SSSR count). The molecule has 17 heavy (non-hydrogen) atoms. The molecule has 0 atom stereocenters. The highest BCUT2D eigenvalue weighted by Gasteiger charge is 2.16. The quantitative estimate of drug-likeness (QED) is 0.783. The summed E-state index contributed by atoms with van der Waals surface area (Å²) in [5, 5.41) is 3.06. The molecule has 0 radical (unpaired) electrons. The Morgan fingerprint density at radius 2 is 2.00 bits per heavy atom. The van der Waals surface area contributed by atoms with E-state index in [0.717, 1.165) is 16.6 Å². The van der Waals surface area contributed by atoms with Crippen molar-refractivity contribution in [3.05, 3.63) is 28.2 Å². The number of likely N-dealkylation sites (N-methyl/N-ethyl adjacent to an activating group) is 1. The van der Waals surface area contributed by atoms with Crippen LogP contribution >= 0.6 is 15.9 Å². The molecular weight excluding hydrogens is 304 g/mol. The number of sulfonamides is 1. The van der Waals surface area contributed by atoms with E-state index >= 15 is 0 Å². The largest absolute Gasteiger partial charge is 0.316 e. The van der Waals surface area contributed by atoms with Gasteiger partial charge in [-0.15, -0.1) is 0 Å². The molecule has 4 nitrogen and oxygen atoms in total. The Hall–Kier alpha value is -0.430. The fraction of sp³-hybridized carbons (Fsp3) is 0.455. The highest BCUT2D eigenvalue weighted by Crippen LogP contribution is 2.20. The third kappa shape index (κ3) is 4.39. The van der Waals surface area contributed by atoms with Crippen LogP contribution in [0.1, 0.15) is 12.5 Å². The van der Waals surface area contributed by atoms with E-state index in [9.17, 15) is 8.42 Å². The van der Waals surface area contributed by atoms with E-state index in [4.69, 9.17) is 0 Å². The second kappa shape index (κ2) is 6.49. The topological polar surface area (TPSA) is 58.2 Å². The number of halogens is 1. The predicted octanol–water partition coefficient (Wildman–Crippen LogP) is 1.65. The molecule has 0 aliphatic rings. The molecule has 0 saturated heterocycles. The summed E-state index contributed by atoms with van der Waals surface area (Å²) in [7, 11) is -3.41. The number of aryl methyl sites for hydroxylation is 1. The molecule has 6 heteroatoms. The van der Waals surface area contributed by atoms with Crippen LogP contribution in [0, 0.1) is 6.92 Å². The van der Waals surface area contributed by atoms with Gasteiger partial charge < -0.3 is 5.32 Å². The summed E-state index contributed by atoms with van der Waals surface area (Å²) in [5.74, 6) is 0. The van der Waals surface area contributed by atoms with Crippen molar-refractivity contribution in [1.82, 2.24) is 10.0 Å². The minimum absolute atomic E-state index is 0.323. The van der Waals surface area contributed by atoms with Gasteiger partial charge in [-0.05, 0) is 31.2 Å². The molecule has 2 N–H and O–H groups in total. The molecule has 0 aliphatic carbocycles. The van der Waals surface area contributed by atoms with Crippen LogP contribution in [-0.4, -0.2) is 28.1 Å². The molecule has 0 amide bonds. The third-order valence-corrected chi connectivity index (χ3v) is 4.38. The highest BCUT2D eigenvalue weighted by molar-refractivity contribution is 9.10. The molecule has 0 aromatic heterocycles. The fourth-order valence-corrected chi connectivity index (χ4v) is 3.20. The number of hydrogen-bond donors (Lipinski definition) is 2. The Morgan fingerprint density at radius 1 is 1.29 bits per heavy atom. The smallest absolute Gasteiger partial charge is 0.240 e. The van der Waals surface area contributed by atoms with Gasteiger partial charge in [0.2, 0.25) is 10.0 Å². The van der Waals surface area contributed by atoms with Gasteiger partial charge in [0.05, 0.1) is 4.90 Å². The second-order valence-electron chi connectivity index (χ2n) is 3.66. The van der Waals surface area contributed by atoms with E-state index in [2.05, 4.69) is 26.0 Å². The van der Waals surface area contributed by atoms with Crippen molar-refractivity contribution in [2.75, 3.05) is 19.6 Å². The fourth-order valence-electron chi connectivity index (χ4n) is 1.39. The van der Waals surface area contributed by atoms with Gasteiger partial charge in [-0.2, -0.15) is 0 Å². The molecule has 1 aromatic carbocycles. The lowest BCUT2D eigenvalue weighted by Gasteiger charge is -2.09. The Bertz CT molecular complexity index is 474. The van der Waals surface area contributed by atoms with Gasteiger partial charge in [0.25, 0.3) is 0 Å². The Morgan fingerprint density at radius 3 is 2.65 bits per heavy atom. The third-order valence-electron chi connectivity index (χ3n) is 2.28. The van der Waals surface area contributed by atoms with Crippen molar-refractivity contribution in [1.29, 1.82) is 0 Å². The minimum atomic E-state index is -3.41. The van der Waals surface area contributed by atoms with E-state index in [0.29, 0.717) is 18.0 Å². The van der Waals surface area contributed by atoms with E-state index in [1.807, 2.05) is 13.0 Å². The van der Waals surface area contributed by atoms with Crippen LogP contribution in [0.2, 0.25) is 0 Å². The number of benzene rings is 1. The first-order valence-electron chi connectivity index (χ1n) is 5.44. The van der Waals surface area contributed by atoms with Gasteiger partial charge in [0, 0.05) is 17.6 Å². The molecule has 0 aliphatic heterocycles. The van der Waals surface area contributed by atoms with Crippen LogP contribution in [0.5, 0.6) is 0 Å². The molecule has 0 fully saturated rings. The van der Waals surface area contributed by atoms with E-state index in [1.165, 1.54) is 0 Å². The van der Waals surface area contributed by atoms with Gasteiger partial charge in [-0.1, -0.05) is 28.9 Å². The summed E-state index contributed by atoms with van der Waals surface area (Å²) >= 11 is 3.28. The van der Waals surface area contributed by atoms with Gasteiger partial charge in [0.1, 0.15) is 0 Å². The van der Waals surface area contributed by atoms with Crippen molar-refractivity contribution in [3.8, 4) is 0 Å². The first kappa shape index (κ1) is 14.6. The molecule has 0 bridgehead atoms. The normalized spacial score (nSPS) is 11.7. The zero-order chi connectivity index (χ0) is 12.9. The van der Waals surface area contributed by atoms with Crippen molar-refractivity contribution in [2.24, 2.45) is 0 Å². The van der Waals surface area contributed by atoms with E-state index < -0.39 is 10.0 Å². The van der Waals surface area contributed by atoms with Crippen LogP contribution in [-0.2, 0) is 10.0 Å². The summed E-state index contributed by atoms with van der Waals surface area (Å²) in [4.78, 5) is 0.323. The zero-order valence-corrected chi connectivity index (χ0v) is 12.4. The summed E-state index contributed by atoms with van der Waals surface area (Å²) in [6.45, 7) is 5.61. The van der Waals surface area contributed by atoms with Gasteiger partial charge >= 0.3 is 0 Å². The zero-order valence-electron chi connectivity index (χ0n) is 9.96. The lowest BCUT2D eigenvalue weighted by Crippen LogP contribution is -2.32. The summed E-state index contributed by atoms with van der Waals surface area (Å²) in [6.07, 6.45) is 0.